The lowest BCUT2D eigenvalue weighted by Gasteiger charge is -2.16. The van der Waals surface area contributed by atoms with Crippen LogP contribution in [0.5, 0.6) is 11.5 Å². The summed E-state index contributed by atoms with van der Waals surface area (Å²) in [6.45, 7) is 5.94. The van der Waals surface area contributed by atoms with Crippen LogP contribution >= 0.6 is 0 Å². The summed E-state index contributed by atoms with van der Waals surface area (Å²) in [6.07, 6.45) is 2.30. The predicted molar refractivity (Wildman–Crippen MR) is 60.3 cm³/mol. The SMILES string of the molecule is CCc1c(O)c(O)cc[n+]1[C@@H](CO)C(C)C. The largest absolute Gasteiger partial charge is 0.504 e. The molecule has 0 fully saturated rings. The second-order valence-corrected chi connectivity index (χ2v) is 4.25. The summed E-state index contributed by atoms with van der Waals surface area (Å²) in [5.41, 5.74) is 0.646. The van der Waals surface area contributed by atoms with Gasteiger partial charge in [0.1, 0.15) is 6.61 Å². The molecule has 0 radical (unpaired) electrons. The summed E-state index contributed by atoms with van der Waals surface area (Å²) >= 11 is 0. The molecule has 0 saturated heterocycles. The van der Waals surface area contributed by atoms with Crippen molar-refractivity contribution in [1.29, 1.82) is 0 Å². The van der Waals surface area contributed by atoms with Crippen LogP contribution in [0.25, 0.3) is 0 Å². The number of aliphatic hydroxyl groups is 1. The van der Waals surface area contributed by atoms with Gasteiger partial charge in [0.05, 0.1) is 0 Å². The standard InChI is InChI=1S/C12H19NO3/c1-4-9-12(16)11(15)5-6-13(9)10(7-14)8(2)3/h5-6,8,10,14,16H,4,7H2,1-3H3/p+1/t10-/m0/s1. The quantitative estimate of drug-likeness (QED) is 0.674. The van der Waals surface area contributed by atoms with E-state index in [2.05, 4.69) is 0 Å². The van der Waals surface area contributed by atoms with E-state index < -0.39 is 0 Å². The van der Waals surface area contributed by atoms with Gasteiger partial charge in [0.25, 0.3) is 0 Å². The van der Waals surface area contributed by atoms with Crippen LogP contribution < -0.4 is 4.57 Å². The summed E-state index contributed by atoms with van der Waals surface area (Å²) in [6, 6.07) is 1.36. The molecule has 0 bridgehead atoms. The normalized spacial score (nSPS) is 13.1. The Labute approximate surface area is 95.8 Å². The van der Waals surface area contributed by atoms with E-state index in [4.69, 9.17) is 0 Å². The van der Waals surface area contributed by atoms with Gasteiger partial charge in [-0.15, -0.1) is 0 Å². The van der Waals surface area contributed by atoms with Gasteiger partial charge in [-0.25, -0.2) is 0 Å². The maximum atomic E-state index is 9.75. The summed E-state index contributed by atoms with van der Waals surface area (Å²) < 4.78 is 1.83. The fraction of sp³-hybridized carbons (Fsp3) is 0.583. The van der Waals surface area contributed by atoms with E-state index in [1.807, 2.05) is 25.3 Å². The van der Waals surface area contributed by atoms with Crippen molar-refractivity contribution in [2.45, 2.75) is 33.2 Å². The highest BCUT2D eigenvalue weighted by Crippen LogP contribution is 2.27. The first-order valence-electron chi connectivity index (χ1n) is 5.58. The molecule has 1 rings (SSSR count). The van der Waals surface area contributed by atoms with Crippen LogP contribution in [0.2, 0.25) is 0 Å². The summed E-state index contributed by atoms with van der Waals surface area (Å²) in [7, 11) is 0. The van der Waals surface area contributed by atoms with Crippen molar-refractivity contribution < 1.29 is 19.9 Å². The molecule has 0 spiro atoms. The highest BCUT2D eigenvalue weighted by molar-refractivity contribution is 5.37. The van der Waals surface area contributed by atoms with Crippen molar-refractivity contribution in [2.75, 3.05) is 6.61 Å². The number of pyridine rings is 1. The lowest BCUT2D eigenvalue weighted by atomic mass is 10.0. The molecular weight excluding hydrogens is 206 g/mol. The van der Waals surface area contributed by atoms with Crippen molar-refractivity contribution >= 4 is 0 Å². The Morgan fingerprint density at radius 2 is 1.94 bits per heavy atom. The second-order valence-electron chi connectivity index (χ2n) is 4.25. The van der Waals surface area contributed by atoms with Gasteiger partial charge in [-0.1, -0.05) is 20.8 Å². The fourth-order valence-electron chi connectivity index (χ4n) is 1.87. The third-order valence-electron chi connectivity index (χ3n) is 2.87. The summed E-state index contributed by atoms with van der Waals surface area (Å²) in [5.74, 6) is 0.0434. The van der Waals surface area contributed by atoms with Gasteiger partial charge in [-0.3, -0.25) is 0 Å². The van der Waals surface area contributed by atoms with Gasteiger partial charge in [-0.2, -0.15) is 4.57 Å². The molecule has 1 heterocycles. The van der Waals surface area contributed by atoms with Crippen LogP contribution in [-0.2, 0) is 6.42 Å². The van der Waals surface area contributed by atoms with Crippen molar-refractivity contribution in [3.63, 3.8) is 0 Å². The van der Waals surface area contributed by atoms with Crippen LogP contribution in [0.4, 0.5) is 0 Å². The van der Waals surface area contributed by atoms with Crippen LogP contribution in [-0.4, -0.2) is 21.9 Å². The molecule has 0 saturated carbocycles. The van der Waals surface area contributed by atoms with Gasteiger partial charge in [-0.05, 0) is 0 Å². The minimum atomic E-state index is -0.117. The molecule has 0 aliphatic heterocycles. The number of aromatic nitrogens is 1. The van der Waals surface area contributed by atoms with Crippen LogP contribution in [0, 0.1) is 5.92 Å². The summed E-state index contributed by atoms with van der Waals surface area (Å²) in [4.78, 5) is 0. The third-order valence-corrected chi connectivity index (χ3v) is 2.87. The fourth-order valence-corrected chi connectivity index (χ4v) is 1.87. The third kappa shape index (κ3) is 2.27. The Bertz CT molecular complexity index is 364. The van der Waals surface area contributed by atoms with Gasteiger partial charge >= 0.3 is 0 Å². The Kier molecular flexibility index (Phi) is 4.12. The number of hydrogen-bond donors (Lipinski definition) is 3. The molecule has 0 amide bonds. The average molecular weight is 226 g/mol. The lowest BCUT2D eigenvalue weighted by molar-refractivity contribution is -0.737. The molecule has 0 unspecified atom stereocenters. The second kappa shape index (κ2) is 5.16. The van der Waals surface area contributed by atoms with Crippen LogP contribution in [0.15, 0.2) is 12.3 Å². The number of hydrogen-bond acceptors (Lipinski definition) is 3. The van der Waals surface area contributed by atoms with E-state index in [0.717, 1.165) is 0 Å². The lowest BCUT2D eigenvalue weighted by Crippen LogP contribution is -2.47. The highest BCUT2D eigenvalue weighted by atomic mass is 16.3. The van der Waals surface area contributed by atoms with Crippen molar-refractivity contribution in [3.8, 4) is 11.5 Å². The van der Waals surface area contributed by atoms with E-state index in [1.54, 1.807) is 6.20 Å². The monoisotopic (exact) mass is 226 g/mol. The Morgan fingerprint density at radius 1 is 1.31 bits per heavy atom. The maximum absolute atomic E-state index is 9.75. The molecule has 4 heteroatoms. The van der Waals surface area contributed by atoms with Gasteiger partial charge in [0.15, 0.2) is 18.0 Å². The Hall–Kier alpha value is -1.29. The zero-order valence-corrected chi connectivity index (χ0v) is 10.0. The molecule has 0 aliphatic carbocycles. The van der Waals surface area contributed by atoms with E-state index in [0.29, 0.717) is 12.1 Å². The molecule has 90 valence electrons. The topological polar surface area (TPSA) is 64.6 Å². The smallest absolute Gasteiger partial charge is 0.227 e. The first-order chi connectivity index (χ1) is 7.52. The predicted octanol–water partition coefficient (Wildman–Crippen LogP) is 1.14. The highest BCUT2D eigenvalue weighted by Gasteiger charge is 2.27. The molecule has 0 aromatic carbocycles. The first kappa shape index (κ1) is 12.8. The number of nitrogens with zero attached hydrogens (tertiary/aromatic N) is 1. The maximum Gasteiger partial charge on any atom is 0.227 e. The molecule has 1 aromatic heterocycles. The molecule has 3 N–H and O–H groups in total. The Morgan fingerprint density at radius 3 is 2.38 bits per heavy atom. The summed E-state index contributed by atoms with van der Waals surface area (Å²) in [5, 5.41) is 28.5. The van der Waals surface area contributed by atoms with Gasteiger partial charge in [0.2, 0.25) is 11.4 Å². The van der Waals surface area contributed by atoms with E-state index in [1.165, 1.54) is 6.07 Å². The number of aromatic hydroxyl groups is 2. The number of aliphatic hydroxyl groups excluding tert-OH is 1. The first-order valence-corrected chi connectivity index (χ1v) is 5.58. The Balaban J connectivity index is 3.27. The number of rotatable bonds is 4. The minimum absolute atomic E-state index is 0.0134. The molecule has 16 heavy (non-hydrogen) atoms. The van der Waals surface area contributed by atoms with Gasteiger partial charge < -0.3 is 15.3 Å². The van der Waals surface area contributed by atoms with Crippen molar-refractivity contribution in [1.82, 2.24) is 0 Å². The average Bonchev–Trinajstić information content (AvgIpc) is 2.24. The van der Waals surface area contributed by atoms with E-state index in [9.17, 15) is 15.3 Å². The van der Waals surface area contributed by atoms with Crippen molar-refractivity contribution in [2.24, 2.45) is 5.92 Å². The van der Waals surface area contributed by atoms with Crippen LogP contribution in [0.3, 0.4) is 0 Å². The minimum Gasteiger partial charge on any atom is -0.504 e. The molecule has 4 nitrogen and oxygen atoms in total. The zero-order valence-electron chi connectivity index (χ0n) is 10.0. The van der Waals surface area contributed by atoms with Crippen LogP contribution in [0.1, 0.15) is 32.5 Å². The van der Waals surface area contributed by atoms with Gasteiger partial charge in [0, 0.05) is 18.4 Å². The van der Waals surface area contributed by atoms with E-state index >= 15 is 0 Å². The van der Waals surface area contributed by atoms with Crippen molar-refractivity contribution in [3.05, 3.63) is 18.0 Å². The van der Waals surface area contributed by atoms with E-state index in [-0.39, 0.29) is 30.1 Å². The molecule has 1 aromatic rings. The molecular formula is C12H20NO3+. The zero-order chi connectivity index (χ0) is 12.3. The molecule has 1 atom stereocenters. The molecule has 0 aliphatic rings.